The summed E-state index contributed by atoms with van der Waals surface area (Å²) in [5.74, 6) is -1.60. The molecule has 1 amide bonds. The number of amides is 1. The summed E-state index contributed by atoms with van der Waals surface area (Å²) in [4.78, 5) is 22.8. The van der Waals surface area contributed by atoms with Crippen LogP contribution in [0, 0.1) is 12.8 Å². The van der Waals surface area contributed by atoms with Crippen LogP contribution in [0.2, 0.25) is 5.02 Å². The van der Waals surface area contributed by atoms with Gasteiger partial charge in [-0.1, -0.05) is 23.8 Å². The van der Waals surface area contributed by atoms with Crippen LogP contribution >= 0.6 is 11.6 Å². The number of carbonyl (C=O) groups is 2. The fraction of sp³-hybridized carbons (Fsp3) is 0.286. The van der Waals surface area contributed by atoms with Gasteiger partial charge in [0.15, 0.2) is 0 Å². The van der Waals surface area contributed by atoms with Crippen molar-refractivity contribution in [1.82, 2.24) is 5.32 Å². The molecule has 0 aliphatic heterocycles. The minimum absolute atomic E-state index is 0.222. The number of rotatable bonds is 3. The summed E-state index contributed by atoms with van der Waals surface area (Å²) in [5, 5.41) is 12.3. The third kappa shape index (κ3) is 3.15. The Hall–Kier alpha value is -1.81. The molecule has 1 aliphatic carbocycles. The molecule has 0 bridgehead atoms. The third-order valence-corrected chi connectivity index (χ3v) is 3.56. The Kier molecular flexibility index (Phi) is 3.90. The molecule has 2 N–H and O–H groups in total. The van der Waals surface area contributed by atoms with Crippen LogP contribution in [0.25, 0.3) is 0 Å². The van der Waals surface area contributed by atoms with Crippen LogP contribution in [0.15, 0.2) is 30.4 Å². The average molecular weight is 280 g/mol. The fourth-order valence-electron chi connectivity index (χ4n) is 2.03. The van der Waals surface area contributed by atoms with Crippen molar-refractivity contribution in [2.75, 3.05) is 0 Å². The number of carboxylic acid groups (broad SMARTS) is 1. The first-order chi connectivity index (χ1) is 8.97. The average Bonchev–Trinajstić information content (AvgIpc) is 2.81. The highest BCUT2D eigenvalue weighted by atomic mass is 35.5. The number of benzene rings is 1. The van der Waals surface area contributed by atoms with Crippen molar-refractivity contribution in [3.8, 4) is 0 Å². The van der Waals surface area contributed by atoms with E-state index in [4.69, 9.17) is 16.7 Å². The van der Waals surface area contributed by atoms with E-state index in [2.05, 4.69) is 5.32 Å². The molecule has 4 nitrogen and oxygen atoms in total. The topological polar surface area (TPSA) is 66.4 Å². The standard InChI is InChI=1S/C14H14ClNO3/c1-8-6-9(3-5-12(8)15)13(17)16-11-4-2-10(7-11)14(18)19/h2-6,10-11H,7H2,1H3,(H,16,17)(H,18,19). The summed E-state index contributed by atoms with van der Waals surface area (Å²) < 4.78 is 0. The molecular formula is C14H14ClNO3. The Morgan fingerprint density at radius 1 is 1.37 bits per heavy atom. The Labute approximate surface area is 116 Å². The molecule has 1 aromatic rings. The molecule has 0 fully saturated rings. The SMILES string of the molecule is Cc1cc(C(=O)NC2C=CC(C(=O)O)C2)ccc1Cl. The van der Waals surface area contributed by atoms with E-state index in [0.29, 0.717) is 17.0 Å². The van der Waals surface area contributed by atoms with E-state index in [9.17, 15) is 9.59 Å². The van der Waals surface area contributed by atoms with Gasteiger partial charge in [0.25, 0.3) is 5.91 Å². The number of nitrogens with one attached hydrogen (secondary N) is 1. The summed E-state index contributed by atoms with van der Waals surface area (Å²) >= 11 is 5.90. The summed E-state index contributed by atoms with van der Waals surface area (Å²) in [6, 6.07) is 4.81. The number of aryl methyl sites for hydroxylation is 1. The molecule has 5 heteroatoms. The van der Waals surface area contributed by atoms with Gasteiger partial charge in [-0.15, -0.1) is 0 Å². The monoisotopic (exact) mass is 279 g/mol. The van der Waals surface area contributed by atoms with Crippen molar-refractivity contribution in [2.24, 2.45) is 5.92 Å². The first-order valence-corrected chi connectivity index (χ1v) is 6.33. The molecule has 0 saturated heterocycles. The molecule has 0 radical (unpaired) electrons. The molecule has 2 atom stereocenters. The quantitative estimate of drug-likeness (QED) is 0.835. The number of halogens is 1. The lowest BCUT2D eigenvalue weighted by atomic mass is 10.1. The molecule has 100 valence electrons. The lowest BCUT2D eigenvalue weighted by molar-refractivity contribution is -0.140. The number of hydrogen-bond donors (Lipinski definition) is 2. The van der Waals surface area contributed by atoms with Crippen LogP contribution in [0.5, 0.6) is 0 Å². The zero-order chi connectivity index (χ0) is 14.0. The van der Waals surface area contributed by atoms with Gasteiger partial charge in [0.05, 0.1) is 5.92 Å². The fourth-order valence-corrected chi connectivity index (χ4v) is 2.14. The Morgan fingerprint density at radius 2 is 2.11 bits per heavy atom. The van der Waals surface area contributed by atoms with E-state index in [0.717, 1.165) is 5.56 Å². The molecular weight excluding hydrogens is 266 g/mol. The minimum atomic E-state index is -0.865. The minimum Gasteiger partial charge on any atom is -0.481 e. The lowest BCUT2D eigenvalue weighted by Crippen LogP contribution is -2.33. The van der Waals surface area contributed by atoms with E-state index in [1.54, 1.807) is 30.4 Å². The van der Waals surface area contributed by atoms with Gasteiger partial charge >= 0.3 is 5.97 Å². The van der Waals surface area contributed by atoms with Crippen LogP contribution in [0.3, 0.4) is 0 Å². The maximum absolute atomic E-state index is 12.0. The predicted octanol–water partition coefficient (Wildman–Crippen LogP) is 2.41. The highest BCUT2D eigenvalue weighted by molar-refractivity contribution is 6.31. The lowest BCUT2D eigenvalue weighted by Gasteiger charge is -2.12. The van der Waals surface area contributed by atoms with Crippen molar-refractivity contribution < 1.29 is 14.7 Å². The molecule has 2 rings (SSSR count). The maximum Gasteiger partial charge on any atom is 0.310 e. The number of aliphatic carboxylic acids is 1. The molecule has 2 unspecified atom stereocenters. The molecule has 0 heterocycles. The van der Waals surface area contributed by atoms with Crippen LogP contribution in [-0.4, -0.2) is 23.0 Å². The molecule has 1 aliphatic rings. The first-order valence-electron chi connectivity index (χ1n) is 5.95. The number of carboxylic acids is 1. The van der Waals surface area contributed by atoms with Crippen molar-refractivity contribution >= 4 is 23.5 Å². The second kappa shape index (κ2) is 5.45. The molecule has 1 aromatic carbocycles. The van der Waals surface area contributed by atoms with Gasteiger partial charge in [-0.05, 0) is 37.1 Å². The summed E-state index contributed by atoms with van der Waals surface area (Å²) in [7, 11) is 0. The van der Waals surface area contributed by atoms with Crippen LogP contribution < -0.4 is 5.32 Å². The van der Waals surface area contributed by atoms with E-state index >= 15 is 0 Å². The second-order valence-electron chi connectivity index (χ2n) is 4.61. The largest absolute Gasteiger partial charge is 0.481 e. The van der Waals surface area contributed by atoms with Gasteiger partial charge in [-0.25, -0.2) is 0 Å². The van der Waals surface area contributed by atoms with Gasteiger partial charge in [-0.2, -0.15) is 0 Å². The first kappa shape index (κ1) is 13.6. The van der Waals surface area contributed by atoms with Crippen LogP contribution in [0.4, 0.5) is 0 Å². The van der Waals surface area contributed by atoms with E-state index in [1.165, 1.54) is 0 Å². The van der Waals surface area contributed by atoms with Gasteiger partial charge in [0, 0.05) is 16.6 Å². The third-order valence-electron chi connectivity index (χ3n) is 3.14. The predicted molar refractivity (Wildman–Crippen MR) is 72.3 cm³/mol. The van der Waals surface area contributed by atoms with Gasteiger partial charge < -0.3 is 10.4 Å². The number of hydrogen-bond acceptors (Lipinski definition) is 2. The summed E-state index contributed by atoms with van der Waals surface area (Å²) in [5.41, 5.74) is 1.36. The highest BCUT2D eigenvalue weighted by Crippen LogP contribution is 2.19. The normalized spacial score (nSPS) is 21.4. The highest BCUT2D eigenvalue weighted by Gasteiger charge is 2.25. The van der Waals surface area contributed by atoms with E-state index in [-0.39, 0.29) is 11.9 Å². The van der Waals surface area contributed by atoms with E-state index in [1.807, 2.05) is 6.92 Å². The van der Waals surface area contributed by atoms with Crippen molar-refractivity contribution in [3.05, 3.63) is 46.5 Å². The number of carbonyl (C=O) groups excluding carboxylic acids is 1. The zero-order valence-electron chi connectivity index (χ0n) is 10.4. The smallest absolute Gasteiger partial charge is 0.310 e. The Balaban J connectivity index is 2.00. The zero-order valence-corrected chi connectivity index (χ0v) is 11.1. The molecule has 0 saturated carbocycles. The van der Waals surface area contributed by atoms with Crippen molar-refractivity contribution in [2.45, 2.75) is 19.4 Å². The Morgan fingerprint density at radius 3 is 2.68 bits per heavy atom. The van der Waals surface area contributed by atoms with Crippen molar-refractivity contribution in [3.63, 3.8) is 0 Å². The van der Waals surface area contributed by atoms with Crippen LogP contribution in [0.1, 0.15) is 22.3 Å². The summed E-state index contributed by atoms with van der Waals surface area (Å²) in [6.07, 6.45) is 3.73. The molecule has 0 spiro atoms. The molecule has 19 heavy (non-hydrogen) atoms. The van der Waals surface area contributed by atoms with Gasteiger partial charge in [0.2, 0.25) is 0 Å². The summed E-state index contributed by atoms with van der Waals surface area (Å²) in [6.45, 7) is 1.83. The van der Waals surface area contributed by atoms with Gasteiger partial charge in [0.1, 0.15) is 0 Å². The maximum atomic E-state index is 12.0. The second-order valence-corrected chi connectivity index (χ2v) is 5.02. The van der Waals surface area contributed by atoms with Gasteiger partial charge in [-0.3, -0.25) is 9.59 Å². The Bertz CT molecular complexity index is 554. The van der Waals surface area contributed by atoms with Crippen LogP contribution in [-0.2, 0) is 4.79 Å². The van der Waals surface area contributed by atoms with Crippen molar-refractivity contribution in [1.29, 1.82) is 0 Å². The van der Waals surface area contributed by atoms with E-state index < -0.39 is 11.9 Å². The molecule has 0 aromatic heterocycles.